The number of nitrogens with one attached hydrogen (secondary N) is 1. The largest absolute Gasteiger partial charge is 0.439 e. The van der Waals surface area contributed by atoms with Crippen LogP contribution in [0.15, 0.2) is 0 Å². The number of rotatable bonds is 2. The van der Waals surface area contributed by atoms with E-state index in [0.717, 1.165) is 11.7 Å². The molecule has 0 aliphatic heterocycles. The Labute approximate surface area is 48.9 Å². The average Bonchev–Trinajstić information content (AvgIpc) is 1.83. The van der Waals surface area contributed by atoms with Gasteiger partial charge in [0.05, 0.1) is 0 Å². The molecule has 7 heteroatoms. The van der Waals surface area contributed by atoms with Gasteiger partial charge in [-0.1, -0.05) is 0 Å². The van der Waals surface area contributed by atoms with Crippen molar-refractivity contribution in [1.82, 2.24) is 5.59 Å². The summed E-state index contributed by atoms with van der Waals surface area (Å²) < 4.78 is 0. The van der Waals surface area contributed by atoms with Crippen LogP contribution < -0.4 is 5.59 Å². The van der Waals surface area contributed by atoms with E-state index in [0.29, 0.717) is 0 Å². The van der Waals surface area contributed by atoms with Crippen LogP contribution in [0.4, 0.5) is 0 Å². The van der Waals surface area contributed by atoms with Gasteiger partial charge in [-0.2, -0.15) is 5.26 Å². The topological polar surface area (TPSA) is 105 Å². The number of carbonyl (C=O) groups is 1. The van der Waals surface area contributed by atoms with E-state index in [4.69, 9.17) is 5.26 Å². The summed E-state index contributed by atoms with van der Waals surface area (Å²) >= 11 is 0. The lowest BCUT2D eigenvalue weighted by Crippen LogP contribution is -2.24. The van der Waals surface area contributed by atoms with Crippen LogP contribution in [-0.4, -0.2) is 11.0 Å². The Morgan fingerprint density at radius 3 is 2.78 bits per heavy atom. The van der Waals surface area contributed by atoms with Crippen molar-refractivity contribution in [2.75, 3.05) is 0 Å². The van der Waals surface area contributed by atoms with Crippen molar-refractivity contribution >= 4 is 5.97 Å². The van der Waals surface area contributed by atoms with Crippen molar-refractivity contribution < 1.29 is 14.7 Å². The van der Waals surface area contributed by atoms with E-state index in [1.807, 2.05) is 0 Å². The van der Waals surface area contributed by atoms with Crippen LogP contribution in [0.1, 0.15) is 0 Å². The van der Waals surface area contributed by atoms with Crippen LogP contribution in [0.25, 0.3) is 0 Å². The van der Waals surface area contributed by atoms with Crippen molar-refractivity contribution in [3.63, 3.8) is 0 Å². The lowest BCUT2D eigenvalue weighted by atomic mass is 10.8. The molecule has 48 valence electrons. The Balaban J connectivity index is 3.43. The summed E-state index contributed by atoms with van der Waals surface area (Å²) in [7, 11) is 0. The highest BCUT2D eigenvalue weighted by atomic mass is 16.8. The molecule has 0 spiro atoms. The highest BCUT2D eigenvalue weighted by Crippen LogP contribution is 1.66. The third-order valence-electron chi connectivity index (χ3n) is 0.304. The van der Waals surface area contributed by atoms with Crippen molar-refractivity contribution in [3.05, 3.63) is 10.1 Å². The average molecular weight is 131 g/mol. The molecule has 7 nitrogen and oxygen atoms in total. The van der Waals surface area contributed by atoms with E-state index in [1.165, 1.54) is 0 Å². The predicted molar refractivity (Wildman–Crippen MR) is 21.8 cm³/mol. The maximum absolute atomic E-state index is 9.77. The Morgan fingerprint density at radius 2 is 2.44 bits per heavy atom. The molecule has 0 unspecified atom stereocenters. The first-order valence-electron chi connectivity index (χ1n) is 1.67. The molecule has 0 aromatic carbocycles. The zero-order valence-electron chi connectivity index (χ0n) is 4.03. The quantitative estimate of drug-likeness (QED) is 0.285. The lowest BCUT2D eigenvalue weighted by molar-refractivity contribution is -0.597. The van der Waals surface area contributed by atoms with Gasteiger partial charge in [0, 0.05) is 5.59 Å². The first-order chi connectivity index (χ1) is 4.16. The molecule has 0 aromatic heterocycles. The summed E-state index contributed by atoms with van der Waals surface area (Å²) in [5, 5.41) is 15.9. The summed E-state index contributed by atoms with van der Waals surface area (Å²) in [6.07, 6.45) is 0. The third kappa shape index (κ3) is 4.00. The highest BCUT2D eigenvalue weighted by molar-refractivity contribution is 5.85. The van der Waals surface area contributed by atoms with Crippen LogP contribution in [0, 0.1) is 21.4 Å². The molecule has 0 amide bonds. The van der Waals surface area contributed by atoms with Gasteiger partial charge in [0.25, 0.3) is 0 Å². The van der Waals surface area contributed by atoms with E-state index in [1.54, 1.807) is 0 Å². The van der Waals surface area contributed by atoms with Gasteiger partial charge < -0.3 is 0 Å². The molecule has 0 radical (unpaired) electrons. The molecule has 0 heterocycles. The third-order valence-corrected chi connectivity index (χ3v) is 0.304. The van der Waals surface area contributed by atoms with E-state index in [2.05, 4.69) is 4.84 Å². The van der Waals surface area contributed by atoms with Gasteiger partial charge in [-0.25, -0.2) is 14.9 Å². The highest BCUT2D eigenvalue weighted by Gasteiger charge is 2.01. The second-order valence-electron chi connectivity index (χ2n) is 0.850. The van der Waals surface area contributed by atoms with Gasteiger partial charge in [-0.05, 0) is 0 Å². The number of nitro groups is 1. The molecule has 0 saturated heterocycles. The number of carbonyl (C=O) groups excluding carboxylic acids is 1. The molecular formula is C2HN3O4. The predicted octanol–water partition coefficient (Wildman–Crippen LogP) is -1.25. The van der Waals surface area contributed by atoms with E-state index < -0.39 is 11.0 Å². The molecule has 0 aliphatic rings. The van der Waals surface area contributed by atoms with Gasteiger partial charge in [-0.15, -0.1) is 0 Å². The smallest absolute Gasteiger partial charge is 0.275 e. The Hall–Kier alpha value is -1.84. The van der Waals surface area contributed by atoms with Crippen molar-refractivity contribution in [1.29, 1.82) is 5.26 Å². The minimum Gasteiger partial charge on any atom is -0.275 e. The van der Waals surface area contributed by atoms with Crippen LogP contribution in [0.3, 0.4) is 0 Å². The molecule has 0 aromatic rings. The standard InChI is InChI=1S/C2HN3O4/c3-1-2(6)9-4-5(7)8/h4H. The normalized spacial score (nSPS) is 7.00. The number of hydrogen-bond donors (Lipinski definition) is 1. The molecule has 0 atom stereocenters. The molecule has 0 fully saturated rings. The summed E-state index contributed by atoms with van der Waals surface area (Å²) in [4.78, 5) is 22.6. The Bertz CT molecular complexity index is 169. The van der Waals surface area contributed by atoms with Crippen molar-refractivity contribution in [2.45, 2.75) is 0 Å². The molecular weight excluding hydrogens is 130 g/mol. The van der Waals surface area contributed by atoms with Crippen molar-refractivity contribution in [3.8, 4) is 6.07 Å². The molecule has 0 bridgehead atoms. The lowest BCUT2D eigenvalue weighted by Gasteiger charge is -1.88. The molecule has 0 saturated carbocycles. The number of nitrogens with zero attached hydrogens (tertiary/aromatic N) is 2. The number of hydrazine groups is 1. The second kappa shape index (κ2) is 3.20. The number of nitriles is 1. The maximum Gasteiger partial charge on any atom is 0.439 e. The van der Waals surface area contributed by atoms with Crippen LogP contribution >= 0.6 is 0 Å². The van der Waals surface area contributed by atoms with Gasteiger partial charge in [0.1, 0.15) is 0 Å². The fourth-order valence-electron chi connectivity index (χ4n) is 0.102. The first kappa shape index (κ1) is 7.16. The molecule has 0 rings (SSSR count). The molecule has 1 N–H and O–H groups in total. The van der Waals surface area contributed by atoms with Crippen molar-refractivity contribution in [2.24, 2.45) is 0 Å². The maximum atomic E-state index is 9.77. The summed E-state index contributed by atoms with van der Waals surface area (Å²) in [5.74, 6) is -1.35. The SMILES string of the molecule is N#CC(=O)ON[N+](=O)[O-]. The minimum atomic E-state index is -1.35. The summed E-state index contributed by atoms with van der Waals surface area (Å²) in [6.45, 7) is 0. The summed E-state index contributed by atoms with van der Waals surface area (Å²) in [5.41, 5.74) is 1.05. The van der Waals surface area contributed by atoms with Gasteiger partial charge in [0.2, 0.25) is 0 Å². The molecule has 9 heavy (non-hydrogen) atoms. The second-order valence-corrected chi connectivity index (χ2v) is 0.850. The van der Waals surface area contributed by atoms with E-state index in [-0.39, 0.29) is 0 Å². The number of hydrogen-bond acceptors (Lipinski definition) is 5. The zero-order valence-corrected chi connectivity index (χ0v) is 4.03. The first-order valence-corrected chi connectivity index (χ1v) is 1.67. The van der Waals surface area contributed by atoms with Crippen LogP contribution in [-0.2, 0) is 9.63 Å². The Kier molecular flexibility index (Phi) is 2.55. The van der Waals surface area contributed by atoms with E-state index >= 15 is 0 Å². The van der Waals surface area contributed by atoms with Crippen LogP contribution in [0.2, 0.25) is 0 Å². The Morgan fingerprint density at radius 1 is 1.89 bits per heavy atom. The molecule has 0 aliphatic carbocycles. The van der Waals surface area contributed by atoms with Crippen LogP contribution in [0.5, 0.6) is 0 Å². The van der Waals surface area contributed by atoms with E-state index in [9.17, 15) is 14.9 Å². The minimum absolute atomic E-state index is 0.992. The monoisotopic (exact) mass is 131 g/mol. The summed E-state index contributed by atoms with van der Waals surface area (Å²) in [6, 6.07) is 0.992. The van der Waals surface area contributed by atoms with Gasteiger partial charge in [0.15, 0.2) is 11.1 Å². The fraction of sp³-hybridized carbons (Fsp3) is 0. The fourth-order valence-corrected chi connectivity index (χ4v) is 0.102. The zero-order chi connectivity index (χ0) is 7.28. The van der Waals surface area contributed by atoms with Gasteiger partial charge >= 0.3 is 5.97 Å². The van der Waals surface area contributed by atoms with Gasteiger partial charge in [-0.3, -0.25) is 4.84 Å².